The van der Waals surface area contributed by atoms with Crippen LogP contribution in [0.1, 0.15) is 12.0 Å². The molecule has 2 aromatic carbocycles. The molecule has 2 saturated heterocycles. The van der Waals surface area contributed by atoms with Crippen LogP contribution in [0.2, 0.25) is 0 Å². The number of piperazine rings is 1. The standard InChI is InChI=1S/C29H27N7/c30-27-24(7-4-14-31-27)28-34-26-13-12-25(20-5-2-1-3-6-20)33-29(26)36(28)22-10-8-19(9-11-22)17-35-18-21-15-23(35)16-32-21/h1-14,21,23,32H,15-18H2,(H2,30,31)/t21-,23-/m1/s1. The lowest BCUT2D eigenvalue weighted by Gasteiger charge is -2.27. The number of hydrogen-bond acceptors (Lipinski definition) is 6. The maximum atomic E-state index is 6.29. The van der Waals surface area contributed by atoms with Crippen molar-refractivity contribution in [2.24, 2.45) is 0 Å². The summed E-state index contributed by atoms with van der Waals surface area (Å²) in [5.41, 5.74) is 13.0. The molecule has 178 valence electrons. The number of hydrogen-bond donors (Lipinski definition) is 2. The van der Waals surface area contributed by atoms with Crippen molar-refractivity contribution in [1.29, 1.82) is 0 Å². The van der Waals surface area contributed by atoms with Crippen molar-refractivity contribution in [2.45, 2.75) is 25.0 Å². The summed E-state index contributed by atoms with van der Waals surface area (Å²) in [6, 6.07) is 28.2. The number of nitrogens with zero attached hydrogens (tertiary/aromatic N) is 5. The molecule has 7 rings (SSSR count). The Morgan fingerprint density at radius 2 is 1.78 bits per heavy atom. The number of likely N-dealkylation sites (tertiary alicyclic amines) is 1. The lowest BCUT2D eigenvalue weighted by atomic mass is 10.1. The van der Waals surface area contributed by atoms with Gasteiger partial charge < -0.3 is 11.1 Å². The van der Waals surface area contributed by atoms with Crippen LogP contribution in [-0.4, -0.2) is 49.6 Å². The Labute approximate surface area is 209 Å². The van der Waals surface area contributed by atoms with Crippen LogP contribution in [0.25, 0.3) is 39.5 Å². The van der Waals surface area contributed by atoms with E-state index in [0.29, 0.717) is 17.9 Å². The molecule has 0 radical (unpaired) electrons. The van der Waals surface area contributed by atoms with Gasteiger partial charge in [0.25, 0.3) is 0 Å². The molecule has 2 aliphatic heterocycles. The SMILES string of the molecule is Nc1ncccc1-c1nc2ccc(-c3ccccc3)nc2n1-c1ccc(CN2C[C@H]3C[C@@H]2CN3)cc1. The molecule has 2 bridgehead atoms. The molecule has 36 heavy (non-hydrogen) atoms. The molecule has 0 saturated carbocycles. The topological polar surface area (TPSA) is 84.9 Å². The predicted octanol–water partition coefficient (Wildman–Crippen LogP) is 4.28. The van der Waals surface area contributed by atoms with Crippen LogP contribution in [-0.2, 0) is 6.54 Å². The van der Waals surface area contributed by atoms with Gasteiger partial charge in [-0.3, -0.25) is 9.47 Å². The number of rotatable bonds is 5. The molecule has 7 heteroatoms. The van der Waals surface area contributed by atoms with Crippen molar-refractivity contribution in [1.82, 2.24) is 29.7 Å². The lowest BCUT2D eigenvalue weighted by molar-refractivity contribution is 0.218. The van der Waals surface area contributed by atoms with E-state index in [4.69, 9.17) is 15.7 Å². The van der Waals surface area contributed by atoms with Crippen LogP contribution in [0.15, 0.2) is 85.1 Å². The third-order valence-electron chi connectivity index (χ3n) is 7.40. The molecule has 3 aromatic heterocycles. The van der Waals surface area contributed by atoms with Crippen molar-refractivity contribution >= 4 is 17.0 Å². The van der Waals surface area contributed by atoms with Gasteiger partial charge in [0.1, 0.15) is 11.3 Å². The number of pyridine rings is 2. The average molecular weight is 474 g/mol. The first kappa shape index (κ1) is 21.2. The van der Waals surface area contributed by atoms with E-state index in [2.05, 4.69) is 56.2 Å². The van der Waals surface area contributed by atoms with Crippen LogP contribution in [0.4, 0.5) is 5.82 Å². The molecule has 0 amide bonds. The van der Waals surface area contributed by atoms with Gasteiger partial charge in [-0.2, -0.15) is 0 Å². The summed E-state index contributed by atoms with van der Waals surface area (Å²) < 4.78 is 2.10. The number of aromatic nitrogens is 4. The van der Waals surface area contributed by atoms with Gasteiger partial charge in [0.15, 0.2) is 11.5 Å². The molecule has 0 unspecified atom stereocenters. The van der Waals surface area contributed by atoms with Gasteiger partial charge in [0.05, 0.1) is 11.3 Å². The Kier molecular flexibility index (Phi) is 5.04. The molecule has 5 heterocycles. The Bertz CT molecular complexity index is 1540. The van der Waals surface area contributed by atoms with Crippen LogP contribution in [0, 0.1) is 0 Å². The van der Waals surface area contributed by atoms with Gasteiger partial charge in [0.2, 0.25) is 0 Å². The van der Waals surface area contributed by atoms with Gasteiger partial charge in [0, 0.05) is 49.2 Å². The zero-order valence-electron chi connectivity index (χ0n) is 19.9. The van der Waals surface area contributed by atoms with Crippen molar-refractivity contribution < 1.29 is 0 Å². The molecule has 2 aliphatic rings. The van der Waals surface area contributed by atoms with Crippen LogP contribution in [0.5, 0.6) is 0 Å². The van der Waals surface area contributed by atoms with E-state index in [1.165, 1.54) is 12.0 Å². The monoisotopic (exact) mass is 473 g/mol. The summed E-state index contributed by atoms with van der Waals surface area (Å²) in [5, 5.41) is 3.58. The molecule has 0 aliphatic carbocycles. The highest BCUT2D eigenvalue weighted by molar-refractivity contribution is 5.84. The maximum absolute atomic E-state index is 6.29. The zero-order valence-corrected chi connectivity index (χ0v) is 19.9. The molecular weight excluding hydrogens is 446 g/mol. The van der Waals surface area contributed by atoms with E-state index in [-0.39, 0.29) is 0 Å². The molecule has 0 spiro atoms. The maximum Gasteiger partial charge on any atom is 0.165 e. The summed E-state index contributed by atoms with van der Waals surface area (Å²) in [4.78, 5) is 16.9. The van der Waals surface area contributed by atoms with E-state index in [9.17, 15) is 0 Å². The number of anilines is 1. The zero-order chi connectivity index (χ0) is 24.1. The quantitative estimate of drug-likeness (QED) is 0.396. The highest BCUT2D eigenvalue weighted by Gasteiger charge is 2.37. The molecule has 7 nitrogen and oxygen atoms in total. The number of imidazole rings is 1. The first-order valence-electron chi connectivity index (χ1n) is 12.5. The lowest BCUT2D eigenvalue weighted by Crippen LogP contribution is -2.42. The Hall–Kier alpha value is -4.07. The van der Waals surface area contributed by atoms with Gasteiger partial charge in [-0.05, 0) is 48.4 Å². The number of benzene rings is 2. The minimum Gasteiger partial charge on any atom is -0.383 e. The number of nitrogens with two attached hydrogens (primary N) is 1. The van der Waals surface area contributed by atoms with E-state index in [0.717, 1.165) is 59.1 Å². The summed E-state index contributed by atoms with van der Waals surface area (Å²) in [5.74, 6) is 1.19. The van der Waals surface area contributed by atoms with Crippen LogP contribution < -0.4 is 11.1 Å². The summed E-state index contributed by atoms with van der Waals surface area (Å²) >= 11 is 0. The molecule has 2 atom stereocenters. The average Bonchev–Trinajstić information content (AvgIpc) is 3.64. The molecule has 2 fully saturated rings. The number of fused-ring (bicyclic) bond motifs is 3. The number of nitrogen functional groups attached to an aromatic ring is 1. The van der Waals surface area contributed by atoms with Gasteiger partial charge in [-0.15, -0.1) is 0 Å². The first-order chi connectivity index (χ1) is 17.7. The molecule has 3 N–H and O–H groups in total. The number of nitrogens with one attached hydrogen (secondary N) is 1. The Morgan fingerprint density at radius 1 is 0.917 bits per heavy atom. The Balaban J connectivity index is 1.33. The summed E-state index contributed by atoms with van der Waals surface area (Å²) in [6.07, 6.45) is 2.97. The smallest absolute Gasteiger partial charge is 0.165 e. The van der Waals surface area contributed by atoms with Crippen molar-refractivity contribution in [3.05, 3.63) is 90.6 Å². The molecular formula is C29H27N7. The third kappa shape index (κ3) is 3.64. The largest absolute Gasteiger partial charge is 0.383 e. The summed E-state index contributed by atoms with van der Waals surface area (Å²) in [7, 11) is 0. The van der Waals surface area contributed by atoms with Crippen molar-refractivity contribution in [2.75, 3.05) is 18.8 Å². The van der Waals surface area contributed by atoms with E-state index >= 15 is 0 Å². The predicted molar refractivity (Wildman–Crippen MR) is 143 cm³/mol. The third-order valence-corrected chi connectivity index (χ3v) is 7.40. The fraction of sp³-hybridized carbons (Fsp3) is 0.207. The second kappa shape index (κ2) is 8.55. The fourth-order valence-electron chi connectivity index (χ4n) is 5.58. The van der Waals surface area contributed by atoms with E-state index in [1.54, 1.807) is 6.20 Å². The minimum atomic E-state index is 0.451. The Morgan fingerprint density at radius 3 is 2.53 bits per heavy atom. The van der Waals surface area contributed by atoms with Gasteiger partial charge in [-0.1, -0.05) is 42.5 Å². The second-order valence-corrected chi connectivity index (χ2v) is 9.70. The van der Waals surface area contributed by atoms with Crippen LogP contribution >= 0.6 is 0 Å². The van der Waals surface area contributed by atoms with E-state index in [1.807, 2.05) is 42.5 Å². The normalized spacial score (nSPS) is 19.3. The highest BCUT2D eigenvalue weighted by Crippen LogP contribution is 2.32. The van der Waals surface area contributed by atoms with Crippen LogP contribution in [0.3, 0.4) is 0 Å². The summed E-state index contributed by atoms with van der Waals surface area (Å²) in [6.45, 7) is 3.22. The first-order valence-corrected chi connectivity index (χ1v) is 12.5. The highest BCUT2D eigenvalue weighted by atomic mass is 15.3. The van der Waals surface area contributed by atoms with Gasteiger partial charge >= 0.3 is 0 Å². The van der Waals surface area contributed by atoms with Crippen molar-refractivity contribution in [3.63, 3.8) is 0 Å². The van der Waals surface area contributed by atoms with Crippen molar-refractivity contribution in [3.8, 4) is 28.3 Å². The fourth-order valence-corrected chi connectivity index (χ4v) is 5.58. The molecule has 5 aromatic rings. The minimum absolute atomic E-state index is 0.451. The van der Waals surface area contributed by atoms with E-state index < -0.39 is 0 Å². The van der Waals surface area contributed by atoms with Gasteiger partial charge in [-0.25, -0.2) is 15.0 Å². The second-order valence-electron chi connectivity index (χ2n) is 9.70.